The summed E-state index contributed by atoms with van der Waals surface area (Å²) in [5.41, 5.74) is 1.31. The normalized spacial score (nSPS) is 14.0. The van der Waals surface area contributed by atoms with Gasteiger partial charge < -0.3 is 9.64 Å². The fourth-order valence-electron chi connectivity index (χ4n) is 2.58. The molecule has 0 radical (unpaired) electrons. The molecular weight excluding hydrogens is 296 g/mol. The van der Waals surface area contributed by atoms with Gasteiger partial charge in [-0.15, -0.1) is 11.3 Å². The molecule has 0 atom stereocenters. The Kier molecular flexibility index (Phi) is 4.57. The van der Waals surface area contributed by atoms with E-state index in [4.69, 9.17) is 9.72 Å². The number of fused-ring (bicyclic) bond motifs is 1. The molecular formula is C16H22N4OS. The minimum Gasteiger partial charge on any atom is -0.474 e. The highest BCUT2D eigenvalue weighted by Gasteiger charge is 2.16. The number of aryl methyl sites for hydroxylation is 2. The van der Waals surface area contributed by atoms with E-state index in [2.05, 4.69) is 14.9 Å². The van der Waals surface area contributed by atoms with E-state index in [1.807, 2.05) is 32.2 Å². The third-order valence-electron chi connectivity index (χ3n) is 3.61. The van der Waals surface area contributed by atoms with E-state index >= 15 is 0 Å². The second-order valence-electron chi connectivity index (χ2n) is 5.92. The summed E-state index contributed by atoms with van der Waals surface area (Å²) < 4.78 is 5.61. The van der Waals surface area contributed by atoms with Gasteiger partial charge in [0, 0.05) is 11.9 Å². The van der Waals surface area contributed by atoms with Crippen LogP contribution in [0, 0.1) is 0 Å². The van der Waals surface area contributed by atoms with Crippen LogP contribution in [0.1, 0.15) is 42.3 Å². The summed E-state index contributed by atoms with van der Waals surface area (Å²) in [6.07, 6.45) is 8.40. The molecule has 0 bridgehead atoms. The van der Waals surface area contributed by atoms with Crippen LogP contribution in [0.3, 0.4) is 0 Å². The van der Waals surface area contributed by atoms with Crippen LogP contribution in [-0.4, -0.2) is 28.1 Å². The van der Waals surface area contributed by atoms with Gasteiger partial charge in [0.05, 0.1) is 30.7 Å². The van der Waals surface area contributed by atoms with Crippen LogP contribution < -0.4 is 9.64 Å². The van der Waals surface area contributed by atoms with Crippen LogP contribution in [0.5, 0.6) is 5.88 Å². The largest absolute Gasteiger partial charge is 0.474 e. The van der Waals surface area contributed by atoms with Crippen molar-refractivity contribution in [1.82, 2.24) is 15.0 Å². The molecule has 6 heteroatoms. The molecule has 0 aliphatic heterocycles. The molecule has 0 spiro atoms. The smallest absolute Gasteiger partial charge is 0.234 e. The molecule has 0 saturated carbocycles. The van der Waals surface area contributed by atoms with Gasteiger partial charge in [0.1, 0.15) is 5.01 Å². The summed E-state index contributed by atoms with van der Waals surface area (Å²) >= 11 is 1.84. The van der Waals surface area contributed by atoms with Crippen molar-refractivity contribution in [3.63, 3.8) is 0 Å². The van der Waals surface area contributed by atoms with Gasteiger partial charge in [-0.3, -0.25) is 4.98 Å². The minimum absolute atomic E-state index is 0.0977. The Morgan fingerprint density at radius 2 is 2.05 bits per heavy atom. The van der Waals surface area contributed by atoms with Crippen molar-refractivity contribution in [3.05, 3.63) is 28.0 Å². The molecule has 5 nitrogen and oxygen atoms in total. The van der Waals surface area contributed by atoms with Gasteiger partial charge in [-0.25, -0.2) is 4.98 Å². The third kappa shape index (κ3) is 3.55. The van der Waals surface area contributed by atoms with Crippen molar-refractivity contribution in [2.75, 3.05) is 11.9 Å². The monoisotopic (exact) mass is 318 g/mol. The number of thiazole rings is 1. The average molecular weight is 318 g/mol. The Morgan fingerprint density at radius 1 is 1.23 bits per heavy atom. The Morgan fingerprint density at radius 3 is 2.82 bits per heavy atom. The van der Waals surface area contributed by atoms with Gasteiger partial charge in [-0.05, 0) is 39.5 Å². The highest BCUT2D eigenvalue weighted by atomic mass is 32.1. The maximum atomic E-state index is 5.61. The Labute approximate surface area is 135 Å². The topological polar surface area (TPSA) is 51.1 Å². The van der Waals surface area contributed by atoms with Crippen molar-refractivity contribution in [2.45, 2.75) is 52.2 Å². The van der Waals surface area contributed by atoms with Crippen molar-refractivity contribution >= 4 is 17.2 Å². The van der Waals surface area contributed by atoms with E-state index in [1.165, 1.54) is 29.8 Å². The zero-order chi connectivity index (χ0) is 15.5. The number of hydrogen-bond donors (Lipinski definition) is 0. The lowest BCUT2D eigenvalue weighted by molar-refractivity contribution is 0.231. The SMILES string of the molecule is CC(C)Oc1cncc(N(C)Cc2nc3c(s2)CCCC3)n1. The van der Waals surface area contributed by atoms with Gasteiger partial charge in [-0.1, -0.05) is 0 Å². The van der Waals surface area contributed by atoms with Crippen molar-refractivity contribution in [3.8, 4) is 5.88 Å². The molecule has 0 amide bonds. The second-order valence-corrected chi connectivity index (χ2v) is 7.09. The number of aromatic nitrogens is 3. The van der Waals surface area contributed by atoms with Crippen LogP contribution in [-0.2, 0) is 19.4 Å². The van der Waals surface area contributed by atoms with E-state index in [1.54, 1.807) is 12.4 Å². The predicted molar refractivity (Wildman–Crippen MR) is 88.7 cm³/mol. The van der Waals surface area contributed by atoms with Gasteiger partial charge in [0.25, 0.3) is 0 Å². The first-order chi connectivity index (χ1) is 10.6. The van der Waals surface area contributed by atoms with Crippen LogP contribution in [0.25, 0.3) is 0 Å². The summed E-state index contributed by atoms with van der Waals surface area (Å²) in [6.45, 7) is 4.73. The van der Waals surface area contributed by atoms with Crippen molar-refractivity contribution in [2.24, 2.45) is 0 Å². The highest BCUT2D eigenvalue weighted by molar-refractivity contribution is 7.11. The fraction of sp³-hybridized carbons (Fsp3) is 0.562. The van der Waals surface area contributed by atoms with Gasteiger partial charge >= 0.3 is 0 Å². The summed E-state index contributed by atoms with van der Waals surface area (Å²) in [7, 11) is 2.02. The molecule has 0 unspecified atom stereocenters. The third-order valence-corrected chi connectivity index (χ3v) is 4.75. The fourth-order valence-corrected chi connectivity index (χ4v) is 3.79. The first kappa shape index (κ1) is 15.2. The van der Waals surface area contributed by atoms with Crippen molar-refractivity contribution < 1.29 is 4.74 Å². The zero-order valence-electron chi connectivity index (χ0n) is 13.4. The molecule has 2 aromatic heterocycles. The quantitative estimate of drug-likeness (QED) is 0.847. The molecule has 2 aromatic rings. The lowest BCUT2D eigenvalue weighted by Gasteiger charge is -2.17. The van der Waals surface area contributed by atoms with E-state index in [9.17, 15) is 0 Å². The first-order valence-electron chi connectivity index (χ1n) is 7.79. The lowest BCUT2D eigenvalue weighted by atomic mass is 10.0. The number of rotatable bonds is 5. The van der Waals surface area contributed by atoms with Crippen LogP contribution >= 0.6 is 11.3 Å². The Bertz CT molecular complexity index is 617. The molecule has 0 fully saturated rings. The van der Waals surface area contributed by atoms with Gasteiger partial charge in [0.15, 0.2) is 5.82 Å². The minimum atomic E-state index is 0.0977. The molecule has 2 heterocycles. The Hall–Kier alpha value is -1.69. The molecule has 1 aliphatic rings. The molecule has 22 heavy (non-hydrogen) atoms. The summed E-state index contributed by atoms with van der Waals surface area (Å²) in [4.78, 5) is 17.1. The maximum absolute atomic E-state index is 5.61. The molecule has 118 valence electrons. The number of anilines is 1. The highest BCUT2D eigenvalue weighted by Crippen LogP contribution is 2.28. The Balaban J connectivity index is 1.71. The molecule has 0 saturated heterocycles. The van der Waals surface area contributed by atoms with E-state index in [-0.39, 0.29) is 6.10 Å². The lowest BCUT2D eigenvalue weighted by Crippen LogP contribution is -2.18. The van der Waals surface area contributed by atoms with E-state index in [0.717, 1.165) is 23.8 Å². The molecule has 0 aromatic carbocycles. The van der Waals surface area contributed by atoms with E-state index < -0.39 is 0 Å². The summed E-state index contributed by atoms with van der Waals surface area (Å²) in [5.74, 6) is 1.38. The zero-order valence-corrected chi connectivity index (χ0v) is 14.2. The number of nitrogens with zero attached hydrogens (tertiary/aromatic N) is 4. The molecule has 3 rings (SSSR count). The van der Waals surface area contributed by atoms with Crippen LogP contribution in [0.4, 0.5) is 5.82 Å². The van der Waals surface area contributed by atoms with Crippen LogP contribution in [0.15, 0.2) is 12.4 Å². The number of ether oxygens (including phenoxy) is 1. The summed E-state index contributed by atoms with van der Waals surface area (Å²) in [5, 5.41) is 1.16. The standard InChI is InChI=1S/C16H22N4OS/c1-11(2)21-15-9-17-8-14(19-15)20(3)10-16-18-12-6-4-5-7-13(12)22-16/h8-9,11H,4-7,10H2,1-3H3. The second kappa shape index (κ2) is 6.60. The maximum Gasteiger partial charge on any atom is 0.234 e. The summed E-state index contributed by atoms with van der Waals surface area (Å²) in [6, 6.07) is 0. The van der Waals surface area contributed by atoms with E-state index in [0.29, 0.717) is 5.88 Å². The van der Waals surface area contributed by atoms with Gasteiger partial charge in [-0.2, -0.15) is 4.98 Å². The van der Waals surface area contributed by atoms with Crippen molar-refractivity contribution in [1.29, 1.82) is 0 Å². The molecule has 1 aliphatic carbocycles. The number of hydrogen-bond acceptors (Lipinski definition) is 6. The van der Waals surface area contributed by atoms with Crippen LogP contribution in [0.2, 0.25) is 0 Å². The van der Waals surface area contributed by atoms with Gasteiger partial charge in [0.2, 0.25) is 5.88 Å². The molecule has 0 N–H and O–H groups in total. The first-order valence-corrected chi connectivity index (χ1v) is 8.61. The average Bonchev–Trinajstić information content (AvgIpc) is 2.89. The predicted octanol–water partition coefficient (Wildman–Crippen LogP) is 3.24.